The third-order valence-corrected chi connectivity index (χ3v) is 7.09. The number of carbonyl (C=O) groups is 1. The van der Waals surface area contributed by atoms with E-state index in [0.717, 1.165) is 20.8 Å². The first kappa shape index (κ1) is 21.0. The van der Waals surface area contributed by atoms with Gasteiger partial charge in [0, 0.05) is 23.4 Å². The van der Waals surface area contributed by atoms with Crippen molar-refractivity contribution in [3.63, 3.8) is 0 Å². The molecule has 4 rings (SSSR count). The number of thiophene rings is 1. The Balaban J connectivity index is 1.75. The quantitative estimate of drug-likeness (QED) is 0.237. The summed E-state index contributed by atoms with van der Waals surface area (Å²) in [4.78, 5) is 32.6. The SMILES string of the molecule is C=C(C)Cn1c(SCC(=O)c2ccccc2)nc2sc3c(c2c1=O)CC(C)(C)OC3. The molecule has 1 aliphatic heterocycles. The monoisotopic (exact) mass is 440 g/mol. The molecule has 2 aromatic heterocycles. The molecule has 0 N–H and O–H groups in total. The number of ketones is 1. The van der Waals surface area contributed by atoms with Gasteiger partial charge in [0.15, 0.2) is 10.9 Å². The fourth-order valence-electron chi connectivity index (χ4n) is 3.56. The zero-order valence-electron chi connectivity index (χ0n) is 17.4. The molecule has 0 aliphatic carbocycles. The molecule has 0 radical (unpaired) electrons. The second kappa shape index (κ2) is 8.13. The van der Waals surface area contributed by atoms with Crippen molar-refractivity contribution in [2.24, 2.45) is 0 Å². The molecule has 0 fully saturated rings. The van der Waals surface area contributed by atoms with Crippen molar-refractivity contribution in [3.05, 3.63) is 68.8 Å². The van der Waals surface area contributed by atoms with Gasteiger partial charge in [0.05, 0.1) is 23.3 Å². The van der Waals surface area contributed by atoms with Crippen LogP contribution in [0, 0.1) is 0 Å². The Morgan fingerprint density at radius 2 is 2.07 bits per heavy atom. The summed E-state index contributed by atoms with van der Waals surface area (Å²) in [5, 5.41) is 1.24. The number of allylic oxidation sites excluding steroid dienone is 1. The largest absolute Gasteiger partial charge is 0.370 e. The van der Waals surface area contributed by atoms with Crippen LogP contribution in [0.3, 0.4) is 0 Å². The number of nitrogens with zero attached hydrogens (tertiary/aromatic N) is 2. The molecule has 1 aliphatic rings. The van der Waals surface area contributed by atoms with Crippen molar-refractivity contribution in [1.82, 2.24) is 9.55 Å². The van der Waals surface area contributed by atoms with Crippen molar-refractivity contribution < 1.29 is 9.53 Å². The predicted molar refractivity (Wildman–Crippen MR) is 123 cm³/mol. The Kier molecular flexibility index (Phi) is 5.70. The van der Waals surface area contributed by atoms with E-state index in [1.54, 1.807) is 16.7 Å². The number of hydrogen-bond donors (Lipinski definition) is 0. The summed E-state index contributed by atoms with van der Waals surface area (Å²) in [5.74, 6) is 0.233. The van der Waals surface area contributed by atoms with Gasteiger partial charge in [-0.25, -0.2) is 4.98 Å². The van der Waals surface area contributed by atoms with E-state index < -0.39 is 0 Å². The molecule has 0 spiro atoms. The summed E-state index contributed by atoms with van der Waals surface area (Å²) in [6.45, 7) is 10.8. The Morgan fingerprint density at radius 3 is 2.77 bits per heavy atom. The molecule has 0 bridgehead atoms. The molecule has 1 aromatic carbocycles. The molecule has 0 atom stereocenters. The van der Waals surface area contributed by atoms with Crippen LogP contribution in [-0.4, -0.2) is 26.7 Å². The predicted octanol–water partition coefficient (Wildman–Crippen LogP) is 4.86. The van der Waals surface area contributed by atoms with E-state index in [1.807, 2.05) is 39.0 Å². The van der Waals surface area contributed by atoms with Gasteiger partial charge >= 0.3 is 0 Å². The van der Waals surface area contributed by atoms with Crippen LogP contribution in [0.4, 0.5) is 0 Å². The molecular formula is C23H24N2O3S2. The smallest absolute Gasteiger partial charge is 0.263 e. The van der Waals surface area contributed by atoms with E-state index in [4.69, 9.17) is 9.72 Å². The minimum Gasteiger partial charge on any atom is -0.370 e. The second-order valence-electron chi connectivity index (χ2n) is 8.23. The molecule has 0 unspecified atom stereocenters. The van der Waals surface area contributed by atoms with Gasteiger partial charge in [0.25, 0.3) is 5.56 Å². The highest BCUT2D eigenvalue weighted by atomic mass is 32.2. The van der Waals surface area contributed by atoms with Crippen molar-refractivity contribution >= 4 is 39.1 Å². The maximum Gasteiger partial charge on any atom is 0.263 e. The summed E-state index contributed by atoms with van der Waals surface area (Å²) in [6.07, 6.45) is 0.686. The number of fused-ring (bicyclic) bond motifs is 3. The lowest BCUT2D eigenvalue weighted by molar-refractivity contribution is -0.0379. The summed E-state index contributed by atoms with van der Waals surface area (Å²) in [5.41, 5.74) is 2.21. The number of benzene rings is 1. The maximum atomic E-state index is 13.5. The van der Waals surface area contributed by atoms with E-state index >= 15 is 0 Å². The van der Waals surface area contributed by atoms with Crippen LogP contribution in [0.2, 0.25) is 0 Å². The fraction of sp³-hybridized carbons (Fsp3) is 0.348. The van der Waals surface area contributed by atoms with E-state index in [-0.39, 0.29) is 22.7 Å². The summed E-state index contributed by atoms with van der Waals surface area (Å²) in [7, 11) is 0. The van der Waals surface area contributed by atoms with Gasteiger partial charge in [-0.1, -0.05) is 54.2 Å². The Morgan fingerprint density at radius 1 is 1.33 bits per heavy atom. The lowest BCUT2D eigenvalue weighted by Crippen LogP contribution is -2.32. The molecule has 0 saturated carbocycles. The highest BCUT2D eigenvalue weighted by molar-refractivity contribution is 7.99. The summed E-state index contributed by atoms with van der Waals surface area (Å²) in [6, 6.07) is 9.18. The van der Waals surface area contributed by atoms with E-state index in [0.29, 0.717) is 35.7 Å². The molecule has 30 heavy (non-hydrogen) atoms. The van der Waals surface area contributed by atoms with Gasteiger partial charge in [-0.05, 0) is 26.3 Å². The molecular weight excluding hydrogens is 416 g/mol. The lowest BCUT2D eigenvalue weighted by atomic mass is 9.94. The lowest BCUT2D eigenvalue weighted by Gasteiger charge is -2.29. The first-order valence-electron chi connectivity index (χ1n) is 9.79. The van der Waals surface area contributed by atoms with E-state index in [2.05, 4.69) is 6.58 Å². The maximum absolute atomic E-state index is 13.5. The van der Waals surface area contributed by atoms with Gasteiger partial charge in [-0.2, -0.15) is 0 Å². The van der Waals surface area contributed by atoms with Crippen LogP contribution in [0.25, 0.3) is 10.2 Å². The Labute approximate surface area is 183 Å². The first-order valence-corrected chi connectivity index (χ1v) is 11.6. The summed E-state index contributed by atoms with van der Waals surface area (Å²) < 4.78 is 7.58. The fourth-order valence-corrected chi connectivity index (χ4v) is 5.60. The van der Waals surface area contributed by atoms with Gasteiger partial charge in [-0.3, -0.25) is 14.2 Å². The van der Waals surface area contributed by atoms with Crippen LogP contribution < -0.4 is 5.56 Å². The molecule has 3 heterocycles. The average molecular weight is 441 g/mol. The molecule has 0 amide bonds. The zero-order valence-corrected chi connectivity index (χ0v) is 19.0. The van der Waals surface area contributed by atoms with Crippen LogP contribution >= 0.6 is 23.1 Å². The topological polar surface area (TPSA) is 61.2 Å². The van der Waals surface area contributed by atoms with Crippen molar-refractivity contribution in [1.29, 1.82) is 0 Å². The number of Topliss-reactive ketones (excluding diaryl/α,β-unsaturated/α-hetero) is 1. The van der Waals surface area contributed by atoms with Crippen molar-refractivity contribution in [2.75, 3.05) is 5.75 Å². The summed E-state index contributed by atoms with van der Waals surface area (Å²) >= 11 is 2.82. The van der Waals surface area contributed by atoms with Crippen LogP contribution in [0.15, 0.2) is 52.4 Å². The molecule has 7 heteroatoms. The third-order valence-electron chi connectivity index (χ3n) is 5.01. The van der Waals surface area contributed by atoms with Gasteiger partial charge in [0.2, 0.25) is 0 Å². The van der Waals surface area contributed by atoms with Crippen LogP contribution in [0.5, 0.6) is 0 Å². The number of thioether (sulfide) groups is 1. The minimum atomic E-state index is -0.303. The highest BCUT2D eigenvalue weighted by Gasteiger charge is 2.31. The number of aromatic nitrogens is 2. The van der Waals surface area contributed by atoms with Crippen LogP contribution in [0.1, 0.15) is 41.6 Å². The van der Waals surface area contributed by atoms with Gasteiger partial charge in [0.1, 0.15) is 4.83 Å². The molecule has 5 nitrogen and oxygen atoms in total. The number of ether oxygens (including phenoxy) is 1. The van der Waals surface area contributed by atoms with E-state index in [9.17, 15) is 9.59 Å². The van der Waals surface area contributed by atoms with Crippen LogP contribution in [-0.2, 0) is 24.3 Å². The minimum absolute atomic E-state index is 0.0115. The second-order valence-corrected chi connectivity index (χ2v) is 10.3. The first-order chi connectivity index (χ1) is 14.2. The zero-order chi connectivity index (χ0) is 21.5. The van der Waals surface area contributed by atoms with E-state index in [1.165, 1.54) is 23.1 Å². The normalized spacial score (nSPS) is 15.2. The average Bonchev–Trinajstić information content (AvgIpc) is 3.05. The van der Waals surface area contributed by atoms with Crippen molar-refractivity contribution in [3.8, 4) is 0 Å². The number of carbonyl (C=O) groups excluding carboxylic acids is 1. The third kappa shape index (κ3) is 4.15. The van der Waals surface area contributed by atoms with Gasteiger partial charge in [-0.15, -0.1) is 11.3 Å². The highest BCUT2D eigenvalue weighted by Crippen LogP contribution is 2.37. The molecule has 156 valence electrons. The number of rotatable bonds is 6. The number of hydrogen-bond acceptors (Lipinski definition) is 6. The Hall–Kier alpha value is -2.22. The molecule has 0 saturated heterocycles. The van der Waals surface area contributed by atoms with Crippen molar-refractivity contribution in [2.45, 2.75) is 51.1 Å². The molecule has 3 aromatic rings. The van der Waals surface area contributed by atoms with Gasteiger partial charge < -0.3 is 4.74 Å². The Bertz CT molecular complexity index is 1190. The standard InChI is InChI=1S/C23H24N2O3S2/c1-14(2)11-25-21(27)19-16-10-23(3,4)28-12-18(16)30-20(19)24-22(25)29-13-17(26)15-8-6-5-7-9-15/h5-9H,1,10-13H2,2-4H3.